The second-order valence-electron chi connectivity index (χ2n) is 8.22. The van der Waals surface area contributed by atoms with Crippen molar-refractivity contribution in [1.29, 1.82) is 0 Å². The number of fused-ring (bicyclic) bond motifs is 1. The Bertz CT molecular complexity index is 823. The second kappa shape index (κ2) is 6.99. The fraction of sp³-hybridized carbons (Fsp3) is 0.524. The van der Waals surface area contributed by atoms with Gasteiger partial charge in [-0.05, 0) is 36.5 Å². The first-order valence-corrected chi connectivity index (χ1v) is 10.8. The average molecular weight is 386 g/mol. The highest BCUT2D eigenvalue weighted by molar-refractivity contribution is 7.07. The summed E-state index contributed by atoms with van der Waals surface area (Å²) in [6.45, 7) is 3.60. The Labute approximate surface area is 163 Å². The van der Waals surface area contributed by atoms with E-state index >= 15 is 0 Å². The van der Waals surface area contributed by atoms with Crippen LogP contribution in [0.2, 0.25) is 0 Å². The summed E-state index contributed by atoms with van der Waals surface area (Å²) in [7, 11) is 0. The number of nitrogens with zero attached hydrogens (tertiary/aromatic N) is 3. The van der Waals surface area contributed by atoms with Crippen LogP contribution < -0.4 is 0 Å². The third kappa shape index (κ3) is 3.19. The van der Waals surface area contributed by atoms with E-state index in [2.05, 4.69) is 20.2 Å². The molecule has 5 rings (SSSR count). The lowest BCUT2D eigenvalue weighted by atomic mass is 9.83. The molecule has 142 valence electrons. The van der Waals surface area contributed by atoms with Gasteiger partial charge in [0.1, 0.15) is 5.82 Å². The van der Waals surface area contributed by atoms with Crippen LogP contribution in [0.15, 0.2) is 35.2 Å². The first-order chi connectivity index (χ1) is 13.2. The molecule has 2 aromatic rings. The minimum atomic E-state index is -0.218. The number of benzene rings is 1. The first kappa shape index (κ1) is 17.3. The number of hydrogen-bond acceptors (Lipinski definition) is 4. The molecule has 3 atom stereocenters. The molecule has 0 spiro atoms. The Morgan fingerprint density at radius 2 is 2.15 bits per heavy atom. The van der Waals surface area contributed by atoms with Gasteiger partial charge in [-0.3, -0.25) is 9.69 Å². The lowest BCUT2D eigenvalue weighted by Gasteiger charge is -2.35. The van der Waals surface area contributed by atoms with Gasteiger partial charge in [0.05, 0.1) is 17.2 Å². The highest BCUT2D eigenvalue weighted by atomic mass is 32.1. The van der Waals surface area contributed by atoms with Crippen LogP contribution in [0.1, 0.15) is 36.6 Å². The van der Waals surface area contributed by atoms with Crippen LogP contribution in [0, 0.1) is 23.6 Å². The van der Waals surface area contributed by atoms with E-state index in [4.69, 9.17) is 0 Å². The quantitative estimate of drug-likeness (QED) is 0.805. The van der Waals surface area contributed by atoms with Gasteiger partial charge in [-0.25, -0.2) is 9.37 Å². The van der Waals surface area contributed by atoms with Crippen molar-refractivity contribution in [3.8, 4) is 0 Å². The van der Waals surface area contributed by atoms with E-state index in [0.29, 0.717) is 11.8 Å². The summed E-state index contributed by atoms with van der Waals surface area (Å²) in [5.74, 6) is 1.08. The number of thiazole rings is 1. The number of carbonyl (C=O) groups excluding carboxylic acids is 1. The van der Waals surface area contributed by atoms with Crippen LogP contribution >= 0.6 is 11.3 Å². The number of halogens is 1. The molecule has 1 aliphatic carbocycles. The molecule has 0 bridgehead atoms. The maximum absolute atomic E-state index is 13.9. The molecule has 1 amide bonds. The zero-order chi connectivity index (χ0) is 18.4. The minimum absolute atomic E-state index is 0.000709. The summed E-state index contributed by atoms with van der Waals surface area (Å²) >= 11 is 1.63. The zero-order valence-electron chi connectivity index (χ0n) is 15.3. The summed E-state index contributed by atoms with van der Waals surface area (Å²) in [6, 6.07) is 6.86. The van der Waals surface area contributed by atoms with Crippen LogP contribution in [0.4, 0.5) is 4.39 Å². The zero-order valence-corrected chi connectivity index (χ0v) is 16.1. The lowest BCUT2D eigenvalue weighted by Crippen LogP contribution is -2.41. The number of hydrogen-bond donors (Lipinski definition) is 0. The summed E-state index contributed by atoms with van der Waals surface area (Å²) in [4.78, 5) is 22.0. The van der Waals surface area contributed by atoms with E-state index in [1.807, 2.05) is 11.6 Å². The molecular formula is C21H24FN3OS. The number of carbonyl (C=O) groups is 1. The molecule has 0 radical (unpaired) electrons. The molecule has 0 N–H and O–H groups in total. The van der Waals surface area contributed by atoms with Gasteiger partial charge in [0.2, 0.25) is 5.91 Å². The standard InChI is InChI=1S/C21H24FN3OS/c22-17-6-2-5-15(7-17)20-19-11-24(10-18-12-27-13-23-18)8-16(19)9-25(20)21(26)14-3-1-4-14/h2,5-7,12-14,16,19-20H,1,3-4,8-11H2/t16-,19-,20+/m0/s1. The maximum Gasteiger partial charge on any atom is 0.226 e. The Hall–Kier alpha value is -1.79. The molecule has 1 aromatic carbocycles. The van der Waals surface area contributed by atoms with Crippen molar-refractivity contribution < 1.29 is 9.18 Å². The van der Waals surface area contributed by atoms with Gasteiger partial charge in [-0.2, -0.15) is 0 Å². The van der Waals surface area contributed by atoms with Gasteiger partial charge < -0.3 is 4.90 Å². The van der Waals surface area contributed by atoms with Crippen LogP contribution in [0.3, 0.4) is 0 Å². The molecule has 1 aromatic heterocycles. The Morgan fingerprint density at radius 1 is 1.26 bits per heavy atom. The first-order valence-electron chi connectivity index (χ1n) is 9.84. The molecule has 0 unspecified atom stereocenters. The largest absolute Gasteiger partial charge is 0.335 e. The van der Waals surface area contributed by atoms with Crippen LogP contribution in [-0.4, -0.2) is 40.3 Å². The summed E-state index contributed by atoms with van der Waals surface area (Å²) < 4.78 is 13.9. The van der Waals surface area contributed by atoms with Gasteiger partial charge in [-0.15, -0.1) is 11.3 Å². The third-order valence-corrected chi connectivity index (χ3v) is 7.17. The predicted octanol–water partition coefficient (Wildman–Crippen LogP) is 3.71. The molecule has 3 aliphatic rings. The van der Waals surface area contributed by atoms with Gasteiger partial charge in [-0.1, -0.05) is 18.6 Å². The van der Waals surface area contributed by atoms with Crippen molar-refractivity contribution in [2.75, 3.05) is 19.6 Å². The Balaban J connectivity index is 1.40. The summed E-state index contributed by atoms with van der Waals surface area (Å²) in [5, 5.41) is 2.10. The minimum Gasteiger partial charge on any atom is -0.335 e. The Kier molecular flexibility index (Phi) is 4.48. The van der Waals surface area contributed by atoms with Crippen LogP contribution in [-0.2, 0) is 11.3 Å². The molecule has 4 nitrogen and oxygen atoms in total. The van der Waals surface area contributed by atoms with Gasteiger partial charge in [0.15, 0.2) is 0 Å². The third-order valence-electron chi connectivity index (χ3n) is 6.54. The molecule has 3 fully saturated rings. The Morgan fingerprint density at radius 3 is 2.85 bits per heavy atom. The van der Waals surface area contributed by atoms with Crippen molar-refractivity contribution in [3.63, 3.8) is 0 Å². The van der Waals surface area contributed by atoms with Crippen molar-refractivity contribution in [2.24, 2.45) is 17.8 Å². The van der Waals surface area contributed by atoms with Gasteiger partial charge in [0.25, 0.3) is 0 Å². The number of likely N-dealkylation sites (tertiary alicyclic amines) is 2. The van der Waals surface area contributed by atoms with Gasteiger partial charge >= 0.3 is 0 Å². The lowest BCUT2D eigenvalue weighted by molar-refractivity contribution is -0.139. The molecule has 2 aliphatic heterocycles. The highest BCUT2D eigenvalue weighted by Crippen LogP contribution is 2.47. The molecular weight excluding hydrogens is 361 g/mol. The highest BCUT2D eigenvalue weighted by Gasteiger charge is 2.50. The smallest absolute Gasteiger partial charge is 0.226 e. The van der Waals surface area contributed by atoms with E-state index in [9.17, 15) is 9.18 Å². The number of amides is 1. The summed E-state index contributed by atoms with van der Waals surface area (Å²) in [5.41, 5.74) is 3.94. The summed E-state index contributed by atoms with van der Waals surface area (Å²) in [6.07, 6.45) is 3.18. The molecule has 1 saturated carbocycles. The van der Waals surface area contributed by atoms with E-state index in [0.717, 1.165) is 56.7 Å². The van der Waals surface area contributed by atoms with E-state index < -0.39 is 0 Å². The average Bonchev–Trinajstić information content (AvgIpc) is 3.29. The van der Waals surface area contributed by atoms with Crippen molar-refractivity contribution in [3.05, 3.63) is 52.2 Å². The van der Waals surface area contributed by atoms with E-state index in [1.165, 1.54) is 6.07 Å². The topological polar surface area (TPSA) is 36.4 Å². The second-order valence-corrected chi connectivity index (χ2v) is 8.93. The van der Waals surface area contributed by atoms with E-state index in [1.54, 1.807) is 23.5 Å². The molecule has 6 heteroatoms. The molecule has 27 heavy (non-hydrogen) atoms. The molecule has 2 saturated heterocycles. The number of aromatic nitrogens is 1. The SMILES string of the molecule is O=C(C1CCC1)N1C[C@@H]2CN(Cc3cscn3)C[C@@H]2[C@H]1c1cccc(F)c1. The normalized spacial score (nSPS) is 28.3. The fourth-order valence-electron chi connectivity index (χ4n) is 5.05. The number of rotatable bonds is 4. The van der Waals surface area contributed by atoms with Crippen molar-refractivity contribution >= 4 is 17.2 Å². The predicted molar refractivity (Wildman–Crippen MR) is 103 cm³/mol. The van der Waals surface area contributed by atoms with Crippen molar-refractivity contribution in [1.82, 2.24) is 14.8 Å². The van der Waals surface area contributed by atoms with E-state index in [-0.39, 0.29) is 23.7 Å². The fourth-order valence-corrected chi connectivity index (χ4v) is 5.59. The van der Waals surface area contributed by atoms with Crippen LogP contribution in [0.5, 0.6) is 0 Å². The monoisotopic (exact) mass is 385 g/mol. The maximum atomic E-state index is 13.9. The van der Waals surface area contributed by atoms with Crippen molar-refractivity contribution in [2.45, 2.75) is 31.8 Å². The van der Waals surface area contributed by atoms with Crippen LogP contribution in [0.25, 0.3) is 0 Å². The van der Waals surface area contributed by atoms with Gasteiger partial charge in [0, 0.05) is 43.4 Å². The molecule has 3 heterocycles.